The third-order valence-electron chi connectivity index (χ3n) is 4.39. The maximum Gasteiger partial charge on any atom is 0.306 e. The Morgan fingerprint density at radius 2 is 1.90 bits per heavy atom. The summed E-state index contributed by atoms with van der Waals surface area (Å²) in [7, 11) is 2.09. The molecule has 0 amide bonds. The zero-order chi connectivity index (χ0) is 14.1. The molecular formula is C17H19NO2. The number of rotatable bonds is 4. The fourth-order valence-corrected chi connectivity index (χ4v) is 2.98. The van der Waals surface area contributed by atoms with Crippen LogP contribution in [0.15, 0.2) is 42.5 Å². The van der Waals surface area contributed by atoms with E-state index in [9.17, 15) is 4.79 Å². The summed E-state index contributed by atoms with van der Waals surface area (Å²) in [6, 6.07) is 15.2. The lowest BCUT2D eigenvalue weighted by Crippen LogP contribution is -2.44. The van der Waals surface area contributed by atoms with Gasteiger partial charge in [-0.25, -0.2) is 0 Å². The van der Waals surface area contributed by atoms with E-state index in [2.05, 4.69) is 54.4 Å². The Balaban J connectivity index is 1.72. The molecule has 2 aromatic rings. The quantitative estimate of drug-likeness (QED) is 0.927. The van der Waals surface area contributed by atoms with Crippen molar-refractivity contribution in [2.45, 2.75) is 25.4 Å². The van der Waals surface area contributed by atoms with Crippen molar-refractivity contribution in [1.29, 1.82) is 0 Å². The molecule has 1 saturated carbocycles. The van der Waals surface area contributed by atoms with Gasteiger partial charge in [0.1, 0.15) is 0 Å². The van der Waals surface area contributed by atoms with Crippen molar-refractivity contribution < 1.29 is 9.90 Å². The molecule has 0 spiro atoms. The van der Waals surface area contributed by atoms with Crippen molar-refractivity contribution >= 4 is 16.7 Å². The molecule has 1 aliphatic rings. The average molecular weight is 269 g/mol. The van der Waals surface area contributed by atoms with Crippen LogP contribution >= 0.6 is 0 Å². The minimum Gasteiger partial charge on any atom is -0.481 e. The standard InChI is InChI=1S/C17H19NO2/c1-18(15-9-14(10-15)17(19)20)11-13-7-4-6-12-5-2-3-8-16(12)13/h2-8,14-15H,9-11H2,1H3,(H,19,20). The normalized spacial score (nSPS) is 21.9. The molecule has 3 nitrogen and oxygen atoms in total. The molecule has 1 fully saturated rings. The second kappa shape index (κ2) is 5.25. The number of aliphatic carboxylic acids is 1. The van der Waals surface area contributed by atoms with Crippen molar-refractivity contribution in [2.24, 2.45) is 5.92 Å². The molecule has 3 heteroatoms. The van der Waals surface area contributed by atoms with Crippen molar-refractivity contribution in [2.75, 3.05) is 7.05 Å². The lowest BCUT2D eigenvalue weighted by molar-refractivity contribution is -0.146. The van der Waals surface area contributed by atoms with Crippen molar-refractivity contribution in [1.82, 2.24) is 4.90 Å². The zero-order valence-corrected chi connectivity index (χ0v) is 11.6. The van der Waals surface area contributed by atoms with Gasteiger partial charge in [-0.1, -0.05) is 42.5 Å². The fourth-order valence-electron chi connectivity index (χ4n) is 2.98. The molecule has 0 saturated heterocycles. The van der Waals surface area contributed by atoms with Gasteiger partial charge in [-0.2, -0.15) is 0 Å². The average Bonchev–Trinajstić information content (AvgIpc) is 2.37. The summed E-state index contributed by atoms with van der Waals surface area (Å²) in [6.07, 6.45) is 1.55. The minimum absolute atomic E-state index is 0.144. The Kier molecular flexibility index (Phi) is 3.45. The Hall–Kier alpha value is -1.87. The highest BCUT2D eigenvalue weighted by molar-refractivity contribution is 5.85. The predicted molar refractivity (Wildman–Crippen MR) is 79.6 cm³/mol. The second-order valence-electron chi connectivity index (χ2n) is 5.71. The van der Waals surface area contributed by atoms with Crippen LogP contribution in [0.5, 0.6) is 0 Å². The number of carboxylic acids is 1. The third-order valence-corrected chi connectivity index (χ3v) is 4.39. The van der Waals surface area contributed by atoms with E-state index in [1.165, 1.54) is 16.3 Å². The minimum atomic E-state index is -0.653. The zero-order valence-electron chi connectivity index (χ0n) is 11.6. The van der Waals surface area contributed by atoms with Gasteiger partial charge < -0.3 is 5.11 Å². The monoisotopic (exact) mass is 269 g/mol. The van der Waals surface area contributed by atoms with Crippen LogP contribution in [0, 0.1) is 5.92 Å². The molecule has 0 atom stereocenters. The molecule has 0 radical (unpaired) electrons. The highest BCUT2D eigenvalue weighted by Crippen LogP contribution is 2.32. The Labute approximate surface area is 118 Å². The van der Waals surface area contributed by atoms with Crippen LogP contribution in [0.4, 0.5) is 0 Å². The molecule has 0 bridgehead atoms. The number of benzene rings is 2. The Morgan fingerprint density at radius 1 is 1.20 bits per heavy atom. The van der Waals surface area contributed by atoms with Gasteiger partial charge in [0, 0.05) is 12.6 Å². The summed E-state index contributed by atoms with van der Waals surface area (Å²) in [4.78, 5) is 13.1. The van der Waals surface area contributed by atoms with Gasteiger partial charge in [0.2, 0.25) is 0 Å². The third kappa shape index (κ3) is 2.41. The number of carboxylic acid groups (broad SMARTS) is 1. The molecule has 2 aromatic carbocycles. The van der Waals surface area contributed by atoms with Gasteiger partial charge in [0.15, 0.2) is 0 Å². The molecule has 0 aliphatic heterocycles. The first-order valence-corrected chi connectivity index (χ1v) is 7.05. The van der Waals surface area contributed by atoms with E-state index in [1.54, 1.807) is 0 Å². The van der Waals surface area contributed by atoms with Gasteiger partial charge in [-0.15, -0.1) is 0 Å². The smallest absolute Gasteiger partial charge is 0.306 e. The molecule has 1 N–H and O–H groups in total. The van der Waals surface area contributed by atoms with E-state index in [4.69, 9.17) is 5.11 Å². The number of fused-ring (bicyclic) bond motifs is 1. The number of nitrogens with zero attached hydrogens (tertiary/aromatic N) is 1. The molecule has 20 heavy (non-hydrogen) atoms. The van der Waals surface area contributed by atoms with Crippen LogP contribution in [0.3, 0.4) is 0 Å². The summed E-state index contributed by atoms with van der Waals surface area (Å²) in [5.41, 5.74) is 1.31. The largest absolute Gasteiger partial charge is 0.481 e. The number of hydrogen-bond acceptors (Lipinski definition) is 2. The van der Waals surface area contributed by atoms with E-state index in [1.807, 2.05) is 0 Å². The van der Waals surface area contributed by atoms with Crippen LogP contribution in [0.1, 0.15) is 18.4 Å². The number of hydrogen-bond donors (Lipinski definition) is 1. The first-order chi connectivity index (χ1) is 9.65. The van der Waals surface area contributed by atoms with E-state index >= 15 is 0 Å². The van der Waals surface area contributed by atoms with Crippen LogP contribution < -0.4 is 0 Å². The molecule has 1 aliphatic carbocycles. The maximum atomic E-state index is 10.9. The fraction of sp³-hybridized carbons (Fsp3) is 0.353. The predicted octanol–water partition coefficient (Wildman–Crippen LogP) is 3.13. The van der Waals surface area contributed by atoms with Crippen molar-refractivity contribution in [3.63, 3.8) is 0 Å². The summed E-state index contributed by atoms with van der Waals surface area (Å²) >= 11 is 0. The van der Waals surface area contributed by atoms with E-state index < -0.39 is 5.97 Å². The van der Waals surface area contributed by atoms with Crippen molar-refractivity contribution in [3.05, 3.63) is 48.0 Å². The molecular weight excluding hydrogens is 250 g/mol. The van der Waals surface area contributed by atoms with Crippen LogP contribution in [-0.2, 0) is 11.3 Å². The maximum absolute atomic E-state index is 10.9. The summed E-state index contributed by atoms with van der Waals surface area (Å²) in [5.74, 6) is -0.797. The summed E-state index contributed by atoms with van der Waals surface area (Å²) in [5, 5.41) is 11.5. The van der Waals surface area contributed by atoms with Crippen molar-refractivity contribution in [3.8, 4) is 0 Å². The first kappa shape index (κ1) is 13.1. The van der Waals surface area contributed by atoms with Crippen LogP contribution in [0.2, 0.25) is 0 Å². The molecule has 0 aromatic heterocycles. The lowest BCUT2D eigenvalue weighted by atomic mass is 9.79. The van der Waals surface area contributed by atoms with Gasteiger partial charge in [0.25, 0.3) is 0 Å². The molecule has 0 unspecified atom stereocenters. The number of carbonyl (C=O) groups is 1. The van der Waals surface area contributed by atoms with Crippen LogP contribution in [-0.4, -0.2) is 29.1 Å². The highest BCUT2D eigenvalue weighted by Gasteiger charge is 2.36. The first-order valence-electron chi connectivity index (χ1n) is 7.05. The molecule has 104 valence electrons. The Morgan fingerprint density at radius 3 is 2.65 bits per heavy atom. The Bertz CT molecular complexity index is 626. The lowest BCUT2D eigenvalue weighted by Gasteiger charge is -2.39. The SMILES string of the molecule is CN(Cc1cccc2ccccc12)C1CC(C(=O)O)C1. The van der Waals surface area contributed by atoms with Gasteiger partial charge in [-0.3, -0.25) is 9.69 Å². The van der Waals surface area contributed by atoms with Gasteiger partial charge in [-0.05, 0) is 36.2 Å². The van der Waals surface area contributed by atoms with Gasteiger partial charge >= 0.3 is 5.97 Å². The topological polar surface area (TPSA) is 40.5 Å². The summed E-state index contributed by atoms with van der Waals surface area (Å²) < 4.78 is 0. The van der Waals surface area contributed by atoms with E-state index in [-0.39, 0.29) is 5.92 Å². The molecule has 0 heterocycles. The summed E-state index contributed by atoms with van der Waals surface area (Å²) in [6.45, 7) is 0.873. The van der Waals surface area contributed by atoms with Gasteiger partial charge in [0.05, 0.1) is 5.92 Å². The van der Waals surface area contributed by atoms with E-state index in [0.717, 1.165) is 19.4 Å². The van der Waals surface area contributed by atoms with Crippen LogP contribution in [0.25, 0.3) is 10.8 Å². The second-order valence-corrected chi connectivity index (χ2v) is 5.71. The highest BCUT2D eigenvalue weighted by atomic mass is 16.4. The van der Waals surface area contributed by atoms with E-state index in [0.29, 0.717) is 6.04 Å². The molecule has 3 rings (SSSR count).